The molecule has 3 heteroatoms. The van der Waals surface area contributed by atoms with E-state index in [-0.39, 0.29) is 6.17 Å². The molecule has 11 heavy (non-hydrogen) atoms. The van der Waals surface area contributed by atoms with Crippen molar-refractivity contribution in [2.45, 2.75) is 20.0 Å². The Morgan fingerprint density at radius 1 is 1.45 bits per heavy atom. The highest BCUT2D eigenvalue weighted by Gasteiger charge is 1.99. The molecule has 0 aliphatic carbocycles. The van der Waals surface area contributed by atoms with Gasteiger partial charge in [0.2, 0.25) is 0 Å². The first-order chi connectivity index (χ1) is 5.26. The third kappa shape index (κ3) is 5.63. The van der Waals surface area contributed by atoms with E-state index >= 15 is 0 Å². The normalized spacial score (nSPS) is 10.5. The van der Waals surface area contributed by atoms with Crippen molar-refractivity contribution in [3.05, 3.63) is 25.4 Å². The van der Waals surface area contributed by atoms with Crippen LogP contribution in [0.3, 0.4) is 0 Å². The maximum atomic E-state index is 5.51. The predicted octanol–water partition coefficient (Wildman–Crippen LogP) is 1.06. The Labute approximate surface area is 69.5 Å². The van der Waals surface area contributed by atoms with Crippen molar-refractivity contribution in [1.29, 1.82) is 0 Å². The number of nitrogens with zero attached hydrogens (tertiary/aromatic N) is 1. The van der Waals surface area contributed by atoms with E-state index in [0.717, 1.165) is 0 Å². The molecule has 0 aliphatic heterocycles. The molecule has 0 saturated carbocycles. The lowest BCUT2D eigenvalue weighted by molar-refractivity contribution is 0.256. The highest BCUT2D eigenvalue weighted by molar-refractivity contribution is 4.84. The molecule has 0 bridgehead atoms. The summed E-state index contributed by atoms with van der Waals surface area (Å²) >= 11 is 0. The van der Waals surface area contributed by atoms with Crippen molar-refractivity contribution in [3.8, 4) is 0 Å². The summed E-state index contributed by atoms with van der Waals surface area (Å²) in [6, 6.07) is 0. The van der Waals surface area contributed by atoms with Crippen LogP contribution in [0.2, 0.25) is 0 Å². The number of rotatable bonds is 4. The van der Waals surface area contributed by atoms with Crippen molar-refractivity contribution < 1.29 is 0 Å². The first kappa shape index (κ1) is 12.8. The van der Waals surface area contributed by atoms with Gasteiger partial charge in [-0.2, -0.15) is 0 Å². The van der Waals surface area contributed by atoms with E-state index in [9.17, 15) is 0 Å². The fourth-order valence-corrected chi connectivity index (χ4v) is 0.476. The molecule has 0 rings (SSSR count). The molecule has 1 unspecified atom stereocenters. The molecule has 0 saturated heterocycles. The van der Waals surface area contributed by atoms with Crippen LogP contribution >= 0.6 is 0 Å². The Morgan fingerprint density at radius 3 is 2.00 bits per heavy atom. The van der Waals surface area contributed by atoms with Crippen molar-refractivity contribution in [2.24, 2.45) is 5.73 Å². The van der Waals surface area contributed by atoms with Gasteiger partial charge in [0.1, 0.15) is 6.17 Å². The van der Waals surface area contributed by atoms with E-state index in [4.69, 9.17) is 5.73 Å². The molecule has 0 amide bonds. The second-order valence-corrected chi connectivity index (χ2v) is 1.54. The van der Waals surface area contributed by atoms with Gasteiger partial charge in [0.25, 0.3) is 0 Å². The van der Waals surface area contributed by atoms with Crippen molar-refractivity contribution in [2.75, 3.05) is 7.05 Å². The lowest BCUT2D eigenvalue weighted by Gasteiger charge is -2.22. The lowest BCUT2D eigenvalue weighted by Crippen LogP contribution is -2.43. The van der Waals surface area contributed by atoms with Gasteiger partial charge in [-0.1, -0.05) is 33.1 Å². The molecule has 0 aromatic heterocycles. The van der Waals surface area contributed by atoms with E-state index < -0.39 is 0 Å². The first-order valence-electron chi connectivity index (χ1n) is 3.72. The Balaban J connectivity index is 0. The number of hydrazine groups is 1. The summed E-state index contributed by atoms with van der Waals surface area (Å²) in [6.45, 7) is 11.1. The number of hydrogen-bond donors (Lipinski definition) is 2. The second-order valence-electron chi connectivity index (χ2n) is 1.54. The van der Waals surface area contributed by atoms with Crippen LogP contribution in [0.5, 0.6) is 0 Å². The van der Waals surface area contributed by atoms with Gasteiger partial charge in [0, 0.05) is 13.2 Å². The molecule has 66 valence electrons. The first-order valence-corrected chi connectivity index (χ1v) is 3.72. The SMILES string of the molecule is C=CC(N)N(C=C)NC.CC. The zero-order valence-electron chi connectivity index (χ0n) is 7.67. The molecule has 3 N–H and O–H groups in total. The second kappa shape index (κ2) is 9.20. The number of nitrogens with two attached hydrogens (primary N) is 1. The highest BCUT2D eigenvalue weighted by atomic mass is 15.5. The van der Waals surface area contributed by atoms with E-state index in [1.165, 1.54) is 0 Å². The summed E-state index contributed by atoms with van der Waals surface area (Å²) in [4.78, 5) is 0. The van der Waals surface area contributed by atoms with Gasteiger partial charge in [-0.05, 0) is 0 Å². The minimum absolute atomic E-state index is 0.201. The molecule has 1 atom stereocenters. The lowest BCUT2D eigenvalue weighted by atomic mass is 10.5. The minimum Gasteiger partial charge on any atom is -0.307 e. The minimum atomic E-state index is -0.201. The summed E-state index contributed by atoms with van der Waals surface area (Å²) in [6.07, 6.45) is 3.03. The van der Waals surface area contributed by atoms with E-state index in [1.807, 2.05) is 13.8 Å². The molecule has 0 fully saturated rings. The summed E-state index contributed by atoms with van der Waals surface area (Å²) in [5.74, 6) is 0. The van der Waals surface area contributed by atoms with Crippen LogP contribution in [-0.4, -0.2) is 18.2 Å². The van der Waals surface area contributed by atoms with Crippen molar-refractivity contribution >= 4 is 0 Å². The Hall–Kier alpha value is -0.800. The van der Waals surface area contributed by atoms with Crippen LogP contribution in [-0.2, 0) is 0 Å². The molecule has 0 spiro atoms. The highest BCUT2D eigenvalue weighted by Crippen LogP contribution is 1.86. The van der Waals surface area contributed by atoms with E-state index in [0.29, 0.717) is 0 Å². The molecule has 3 nitrogen and oxygen atoms in total. The van der Waals surface area contributed by atoms with Crippen LogP contribution in [0.15, 0.2) is 25.4 Å². The molecule has 0 heterocycles. The van der Waals surface area contributed by atoms with Crippen LogP contribution in [0.4, 0.5) is 0 Å². The van der Waals surface area contributed by atoms with Gasteiger partial charge in [-0.3, -0.25) is 5.01 Å². The Morgan fingerprint density at radius 2 is 1.91 bits per heavy atom. The van der Waals surface area contributed by atoms with Crippen molar-refractivity contribution in [3.63, 3.8) is 0 Å². The van der Waals surface area contributed by atoms with Gasteiger partial charge >= 0.3 is 0 Å². The topological polar surface area (TPSA) is 41.3 Å². The maximum Gasteiger partial charge on any atom is 0.110 e. The van der Waals surface area contributed by atoms with Crippen LogP contribution in [0, 0.1) is 0 Å². The van der Waals surface area contributed by atoms with Crippen LogP contribution in [0.1, 0.15) is 13.8 Å². The van der Waals surface area contributed by atoms with E-state index in [2.05, 4.69) is 18.6 Å². The third-order valence-electron chi connectivity index (χ3n) is 1.02. The predicted molar refractivity (Wildman–Crippen MR) is 50.6 cm³/mol. The number of hydrogen-bond acceptors (Lipinski definition) is 3. The quantitative estimate of drug-likeness (QED) is 0.364. The van der Waals surface area contributed by atoms with Gasteiger partial charge in [0.15, 0.2) is 0 Å². The van der Waals surface area contributed by atoms with Gasteiger partial charge < -0.3 is 5.73 Å². The maximum absolute atomic E-state index is 5.51. The molecule has 0 aromatic carbocycles. The Kier molecular flexibility index (Phi) is 10.7. The van der Waals surface area contributed by atoms with Gasteiger partial charge in [-0.25, -0.2) is 5.43 Å². The monoisotopic (exact) mass is 157 g/mol. The zero-order valence-corrected chi connectivity index (χ0v) is 7.67. The zero-order chi connectivity index (χ0) is 9.28. The third-order valence-corrected chi connectivity index (χ3v) is 1.02. The van der Waals surface area contributed by atoms with Gasteiger partial charge in [0.05, 0.1) is 0 Å². The van der Waals surface area contributed by atoms with Crippen LogP contribution < -0.4 is 11.2 Å². The smallest absolute Gasteiger partial charge is 0.110 e. The Bertz CT molecular complexity index is 102. The fourth-order valence-electron chi connectivity index (χ4n) is 0.476. The summed E-state index contributed by atoms with van der Waals surface area (Å²) in [5, 5.41) is 1.65. The average molecular weight is 157 g/mol. The molecule has 0 aromatic rings. The average Bonchev–Trinajstić information content (AvgIpc) is 2.10. The summed E-state index contributed by atoms with van der Waals surface area (Å²) in [7, 11) is 1.77. The van der Waals surface area contributed by atoms with E-state index in [1.54, 1.807) is 24.3 Å². The summed E-state index contributed by atoms with van der Waals surface area (Å²) < 4.78 is 0. The number of nitrogens with one attached hydrogen (secondary N) is 1. The molecule has 0 radical (unpaired) electrons. The fraction of sp³-hybridized carbons (Fsp3) is 0.500. The molecular formula is C8H19N3. The van der Waals surface area contributed by atoms with Crippen molar-refractivity contribution in [1.82, 2.24) is 10.4 Å². The van der Waals surface area contributed by atoms with Crippen LogP contribution in [0.25, 0.3) is 0 Å². The molecule has 0 aliphatic rings. The standard InChI is InChI=1S/C6H13N3.C2H6/c1-4-6(7)9(5-2)8-3;1-2/h4-6,8H,1-2,7H2,3H3;1-2H3. The van der Waals surface area contributed by atoms with Gasteiger partial charge in [-0.15, -0.1) is 0 Å². The molecular weight excluding hydrogens is 138 g/mol. The largest absolute Gasteiger partial charge is 0.307 e. The summed E-state index contributed by atoms with van der Waals surface area (Å²) in [5.41, 5.74) is 8.33.